The Morgan fingerprint density at radius 2 is 1.83 bits per heavy atom. The van der Waals surface area contributed by atoms with E-state index in [2.05, 4.69) is 27.1 Å². The van der Waals surface area contributed by atoms with E-state index < -0.39 is 23.2 Å². The molecule has 0 bridgehead atoms. The van der Waals surface area contributed by atoms with Crippen LogP contribution < -0.4 is 4.90 Å². The smallest absolute Gasteiger partial charge is 0.258 e. The maximum absolute atomic E-state index is 14.4. The number of hydrogen-bond donors (Lipinski definition) is 0. The third-order valence-electron chi connectivity index (χ3n) is 8.49. The van der Waals surface area contributed by atoms with Crippen molar-refractivity contribution in [2.45, 2.75) is 31.7 Å². The summed E-state index contributed by atoms with van der Waals surface area (Å²) in [4.78, 5) is 5.78. The van der Waals surface area contributed by atoms with E-state index in [9.17, 15) is 13.2 Å². The number of halogens is 3. The Kier molecular flexibility index (Phi) is 4.48. The van der Waals surface area contributed by atoms with Gasteiger partial charge < -0.3 is 4.90 Å². The number of alkyl halides is 2. The zero-order valence-corrected chi connectivity index (χ0v) is 19.7. The fourth-order valence-electron chi connectivity index (χ4n) is 6.22. The zero-order chi connectivity index (χ0) is 24.7. The SMILES string of the molecule is C[C@@]12Cc3c(cnn3-c3cnn([C@H](c4ccccc4)C4CN(c5ccnc(F)c5)C4)c3)C[C@@H]1C2(F)F. The normalized spacial score (nSPS) is 25.1. The standard InChI is InChI=1S/C27H25F3N6/c1-26-11-22-18(9-23(26)27(26,29)30)12-33-36(22)21-13-32-35(16-21)25(17-5-3-2-4-6-17)19-14-34(15-19)20-7-8-31-24(28)10-20/h2-8,10,12-13,16,19,23,25H,9,11,14-15H2,1H3/t23-,25+,26+/m0/s1. The number of fused-ring (bicyclic) bond motifs is 2. The van der Waals surface area contributed by atoms with Crippen LogP contribution in [0, 0.1) is 23.2 Å². The zero-order valence-electron chi connectivity index (χ0n) is 19.7. The fraction of sp³-hybridized carbons (Fsp3) is 0.370. The molecule has 2 fully saturated rings. The highest BCUT2D eigenvalue weighted by atomic mass is 19.3. The summed E-state index contributed by atoms with van der Waals surface area (Å²) < 4.78 is 46.1. The van der Waals surface area contributed by atoms with Crippen LogP contribution in [0.5, 0.6) is 0 Å². The van der Waals surface area contributed by atoms with Gasteiger partial charge in [0.2, 0.25) is 5.95 Å². The minimum Gasteiger partial charge on any atom is -0.370 e. The van der Waals surface area contributed by atoms with E-state index >= 15 is 0 Å². The molecule has 6 nitrogen and oxygen atoms in total. The van der Waals surface area contributed by atoms with Gasteiger partial charge in [0.25, 0.3) is 5.92 Å². The highest BCUT2D eigenvalue weighted by Crippen LogP contribution is 2.70. The Balaban J connectivity index is 1.18. The van der Waals surface area contributed by atoms with Gasteiger partial charge in [-0.1, -0.05) is 37.3 Å². The van der Waals surface area contributed by atoms with Crippen molar-refractivity contribution in [2.75, 3.05) is 18.0 Å². The van der Waals surface area contributed by atoms with Gasteiger partial charge >= 0.3 is 0 Å². The number of benzene rings is 1. The first kappa shape index (κ1) is 21.6. The minimum atomic E-state index is -2.62. The van der Waals surface area contributed by atoms with Gasteiger partial charge in [-0.25, -0.2) is 18.4 Å². The van der Waals surface area contributed by atoms with Crippen LogP contribution in [-0.4, -0.2) is 43.6 Å². The van der Waals surface area contributed by atoms with Crippen LogP contribution in [0.1, 0.15) is 29.8 Å². The van der Waals surface area contributed by atoms with Crippen molar-refractivity contribution in [1.29, 1.82) is 0 Å². The van der Waals surface area contributed by atoms with Gasteiger partial charge in [-0.15, -0.1) is 0 Å². The summed E-state index contributed by atoms with van der Waals surface area (Å²) in [5, 5.41) is 9.26. The summed E-state index contributed by atoms with van der Waals surface area (Å²) in [6, 6.07) is 13.4. The first-order chi connectivity index (χ1) is 17.3. The van der Waals surface area contributed by atoms with E-state index in [1.54, 1.807) is 24.0 Å². The number of rotatable bonds is 5. The molecule has 3 aliphatic rings. The number of hydrogen-bond acceptors (Lipinski definition) is 4. The molecule has 1 saturated carbocycles. The van der Waals surface area contributed by atoms with Crippen LogP contribution in [0.3, 0.4) is 0 Å². The van der Waals surface area contributed by atoms with Crippen molar-refractivity contribution in [3.05, 3.63) is 90.0 Å². The molecule has 36 heavy (non-hydrogen) atoms. The Hall–Kier alpha value is -3.62. The summed E-state index contributed by atoms with van der Waals surface area (Å²) in [5.74, 6) is -3.43. The third-order valence-corrected chi connectivity index (χ3v) is 8.49. The number of pyridine rings is 1. The Morgan fingerprint density at radius 3 is 2.61 bits per heavy atom. The van der Waals surface area contributed by atoms with Crippen LogP contribution in [-0.2, 0) is 12.8 Å². The summed E-state index contributed by atoms with van der Waals surface area (Å²) in [6.45, 7) is 3.19. The lowest BCUT2D eigenvalue weighted by Gasteiger charge is -2.45. The fourth-order valence-corrected chi connectivity index (χ4v) is 6.22. The summed E-state index contributed by atoms with van der Waals surface area (Å²) >= 11 is 0. The monoisotopic (exact) mass is 490 g/mol. The average molecular weight is 491 g/mol. The summed E-state index contributed by atoms with van der Waals surface area (Å²) in [5.41, 5.74) is 3.50. The maximum atomic E-state index is 14.4. The van der Waals surface area contributed by atoms with Gasteiger partial charge in [-0.3, -0.25) is 4.68 Å². The number of anilines is 1. The predicted molar refractivity (Wildman–Crippen MR) is 128 cm³/mol. The molecule has 2 aliphatic carbocycles. The highest BCUT2D eigenvalue weighted by molar-refractivity contribution is 5.48. The largest absolute Gasteiger partial charge is 0.370 e. The number of aromatic nitrogens is 5. The second-order valence-corrected chi connectivity index (χ2v) is 10.5. The highest BCUT2D eigenvalue weighted by Gasteiger charge is 2.78. The Morgan fingerprint density at radius 1 is 1.03 bits per heavy atom. The maximum Gasteiger partial charge on any atom is 0.258 e. The summed E-state index contributed by atoms with van der Waals surface area (Å²) in [6.07, 6.45) is 7.61. The van der Waals surface area contributed by atoms with Crippen LogP contribution in [0.25, 0.3) is 5.69 Å². The third kappa shape index (κ3) is 3.07. The van der Waals surface area contributed by atoms with Gasteiger partial charge in [0.15, 0.2) is 0 Å². The van der Waals surface area contributed by atoms with Crippen LogP contribution in [0.4, 0.5) is 18.9 Å². The van der Waals surface area contributed by atoms with Crippen LogP contribution in [0.2, 0.25) is 0 Å². The molecule has 1 aliphatic heterocycles. The van der Waals surface area contributed by atoms with E-state index in [4.69, 9.17) is 5.10 Å². The molecule has 0 N–H and O–H groups in total. The van der Waals surface area contributed by atoms with E-state index in [1.807, 2.05) is 35.1 Å². The van der Waals surface area contributed by atoms with Crippen molar-refractivity contribution < 1.29 is 13.2 Å². The molecule has 0 radical (unpaired) electrons. The first-order valence-electron chi connectivity index (χ1n) is 12.2. The van der Waals surface area contributed by atoms with Crippen molar-refractivity contribution in [3.63, 3.8) is 0 Å². The predicted octanol–water partition coefficient (Wildman–Crippen LogP) is 4.70. The minimum absolute atomic E-state index is 0.0241. The Labute approximate surface area is 206 Å². The van der Waals surface area contributed by atoms with Gasteiger partial charge in [-0.05, 0) is 23.6 Å². The van der Waals surface area contributed by atoms with Gasteiger partial charge in [-0.2, -0.15) is 14.6 Å². The molecule has 184 valence electrons. The van der Waals surface area contributed by atoms with E-state index in [-0.39, 0.29) is 12.0 Å². The second kappa shape index (κ2) is 7.44. The van der Waals surface area contributed by atoms with Gasteiger partial charge in [0.1, 0.15) is 5.69 Å². The number of nitrogens with zero attached hydrogens (tertiary/aromatic N) is 6. The molecule has 9 heteroatoms. The Bertz CT molecular complexity index is 1440. The van der Waals surface area contributed by atoms with Crippen molar-refractivity contribution in [3.8, 4) is 5.69 Å². The molecule has 4 heterocycles. The lowest BCUT2D eigenvalue weighted by molar-refractivity contribution is 0.0630. The van der Waals surface area contributed by atoms with E-state index in [1.165, 1.54) is 12.3 Å². The molecular weight excluding hydrogens is 465 g/mol. The molecule has 0 unspecified atom stereocenters. The molecule has 3 atom stereocenters. The van der Waals surface area contributed by atoms with E-state index in [0.29, 0.717) is 12.8 Å². The molecule has 0 amide bonds. The average Bonchev–Trinajstić information content (AvgIpc) is 3.27. The van der Waals surface area contributed by atoms with Crippen molar-refractivity contribution >= 4 is 5.69 Å². The lowest BCUT2D eigenvalue weighted by atomic mass is 9.86. The first-order valence-corrected chi connectivity index (χ1v) is 12.2. The lowest BCUT2D eigenvalue weighted by Crippen LogP contribution is -2.51. The molecule has 1 saturated heterocycles. The summed E-state index contributed by atoms with van der Waals surface area (Å²) in [7, 11) is 0. The van der Waals surface area contributed by atoms with E-state index in [0.717, 1.165) is 41.3 Å². The van der Waals surface area contributed by atoms with Crippen LogP contribution >= 0.6 is 0 Å². The van der Waals surface area contributed by atoms with Gasteiger partial charge in [0, 0.05) is 60.4 Å². The molecule has 3 aromatic heterocycles. The quantitative estimate of drug-likeness (QED) is 0.381. The van der Waals surface area contributed by atoms with Gasteiger partial charge in [0.05, 0.1) is 24.6 Å². The topological polar surface area (TPSA) is 51.8 Å². The van der Waals surface area contributed by atoms with Crippen molar-refractivity contribution in [1.82, 2.24) is 24.5 Å². The van der Waals surface area contributed by atoms with Crippen LogP contribution in [0.15, 0.2) is 67.3 Å². The second-order valence-electron chi connectivity index (χ2n) is 10.5. The molecule has 0 spiro atoms. The molecule has 1 aromatic carbocycles. The van der Waals surface area contributed by atoms with Crippen molar-refractivity contribution in [2.24, 2.45) is 17.3 Å². The molecule has 7 rings (SSSR count). The molecular formula is C27H25F3N6. The molecule has 4 aromatic rings.